The molecule has 1 fully saturated rings. The molecule has 2 aromatic carbocycles. The molecule has 11 heteroatoms. The molecule has 6 rings (SSSR count). The van der Waals surface area contributed by atoms with Crippen LogP contribution in [-0.2, 0) is 23.2 Å². The number of carbonyl (C=O) groups is 1. The van der Waals surface area contributed by atoms with Gasteiger partial charge in [-0.1, -0.05) is 50.2 Å². The SMILES string of the molecule is CN1CCN(Cc2ccc(-c3nn(-c4ccc(NC(=O)Cc5cc(C(C)(C)C)on5)cc4)c4ncnc(N)c34)cc2)CC1. The van der Waals surface area contributed by atoms with Crippen molar-refractivity contribution in [3.63, 3.8) is 0 Å². The number of amides is 1. The number of carbonyl (C=O) groups excluding carboxylic acids is 1. The summed E-state index contributed by atoms with van der Waals surface area (Å²) in [5.74, 6) is 0.945. The first kappa shape index (κ1) is 28.5. The van der Waals surface area contributed by atoms with E-state index < -0.39 is 0 Å². The van der Waals surface area contributed by atoms with Crippen LogP contribution in [0.15, 0.2) is 65.4 Å². The minimum absolute atomic E-state index is 0.124. The lowest BCUT2D eigenvalue weighted by atomic mass is 9.93. The van der Waals surface area contributed by atoms with Crippen molar-refractivity contribution >= 4 is 28.4 Å². The van der Waals surface area contributed by atoms with Gasteiger partial charge in [-0.3, -0.25) is 9.69 Å². The van der Waals surface area contributed by atoms with E-state index in [0.717, 1.165) is 55.4 Å². The average molecular weight is 580 g/mol. The molecule has 222 valence electrons. The van der Waals surface area contributed by atoms with Crippen LogP contribution in [0.25, 0.3) is 28.0 Å². The van der Waals surface area contributed by atoms with E-state index >= 15 is 0 Å². The van der Waals surface area contributed by atoms with Crippen molar-refractivity contribution in [3.8, 4) is 16.9 Å². The smallest absolute Gasteiger partial charge is 0.230 e. The molecule has 1 saturated heterocycles. The van der Waals surface area contributed by atoms with Crippen molar-refractivity contribution < 1.29 is 9.32 Å². The van der Waals surface area contributed by atoms with E-state index in [2.05, 4.69) is 61.6 Å². The summed E-state index contributed by atoms with van der Waals surface area (Å²) in [6.45, 7) is 11.4. The Morgan fingerprint density at radius 2 is 1.72 bits per heavy atom. The third-order valence-corrected chi connectivity index (χ3v) is 7.76. The normalized spacial score (nSPS) is 14.8. The number of benzene rings is 2. The van der Waals surface area contributed by atoms with Crippen LogP contribution in [0.1, 0.15) is 37.8 Å². The summed E-state index contributed by atoms with van der Waals surface area (Å²) in [4.78, 5) is 26.3. The highest BCUT2D eigenvalue weighted by Crippen LogP contribution is 2.32. The van der Waals surface area contributed by atoms with Crippen molar-refractivity contribution in [1.29, 1.82) is 0 Å². The first-order valence-electron chi connectivity index (χ1n) is 14.5. The lowest BCUT2D eigenvalue weighted by Gasteiger charge is -2.32. The third kappa shape index (κ3) is 6.27. The van der Waals surface area contributed by atoms with Crippen molar-refractivity contribution in [1.82, 2.24) is 34.7 Å². The molecular formula is C32H37N9O2. The van der Waals surface area contributed by atoms with Crippen molar-refractivity contribution in [2.45, 2.75) is 39.2 Å². The van der Waals surface area contributed by atoms with E-state index in [-0.39, 0.29) is 17.7 Å². The van der Waals surface area contributed by atoms with Gasteiger partial charge in [0, 0.05) is 55.5 Å². The molecule has 0 unspecified atom stereocenters. The van der Waals surface area contributed by atoms with Gasteiger partial charge in [-0.25, -0.2) is 14.6 Å². The first-order valence-corrected chi connectivity index (χ1v) is 14.5. The molecule has 1 aliphatic rings. The molecule has 1 aliphatic heterocycles. The summed E-state index contributed by atoms with van der Waals surface area (Å²) in [7, 11) is 2.17. The number of aromatic nitrogens is 5. The molecule has 0 atom stereocenters. The fourth-order valence-corrected chi connectivity index (χ4v) is 5.19. The standard InChI is InChI=1S/C32H37N9O2/c1-32(2,3)26-17-24(38-43-26)18-27(42)36-23-9-11-25(12-10-23)41-31-28(30(33)34-20-35-31)29(37-41)22-7-5-21(6-8-22)19-40-15-13-39(4)14-16-40/h5-12,17,20H,13-16,18-19H2,1-4H3,(H,36,42)(H2,33,34,35). The van der Waals surface area contributed by atoms with E-state index in [1.165, 1.54) is 11.9 Å². The van der Waals surface area contributed by atoms with Gasteiger partial charge in [0.05, 0.1) is 23.2 Å². The number of anilines is 2. The number of nitrogens with zero attached hydrogens (tertiary/aromatic N) is 7. The average Bonchev–Trinajstić information content (AvgIpc) is 3.61. The minimum Gasteiger partial charge on any atom is -0.383 e. The van der Waals surface area contributed by atoms with Gasteiger partial charge < -0.3 is 20.5 Å². The molecule has 3 N–H and O–H groups in total. The minimum atomic E-state index is -0.176. The van der Waals surface area contributed by atoms with Gasteiger partial charge in [0.2, 0.25) is 5.91 Å². The zero-order valence-electron chi connectivity index (χ0n) is 25.0. The van der Waals surface area contributed by atoms with Crippen LogP contribution in [0.3, 0.4) is 0 Å². The Morgan fingerprint density at radius 1 is 1.00 bits per heavy atom. The summed E-state index contributed by atoms with van der Waals surface area (Å²) >= 11 is 0. The molecule has 0 spiro atoms. The molecule has 3 aromatic heterocycles. The van der Waals surface area contributed by atoms with Gasteiger partial charge in [-0.15, -0.1) is 0 Å². The van der Waals surface area contributed by atoms with Crippen LogP contribution < -0.4 is 11.1 Å². The zero-order valence-corrected chi connectivity index (χ0v) is 25.0. The maximum Gasteiger partial charge on any atom is 0.230 e. The number of hydrogen-bond donors (Lipinski definition) is 2. The Kier molecular flexibility index (Phi) is 7.68. The van der Waals surface area contributed by atoms with Crippen molar-refractivity contribution in [3.05, 3.63) is 77.9 Å². The Labute approximate surface area is 250 Å². The monoisotopic (exact) mass is 579 g/mol. The number of rotatable bonds is 7. The van der Waals surface area contributed by atoms with E-state index in [0.29, 0.717) is 28.2 Å². The van der Waals surface area contributed by atoms with Crippen LogP contribution in [0.4, 0.5) is 11.5 Å². The number of hydrogen-bond acceptors (Lipinski definition) is 9. The molecule has 0 saturated carbocycles. The van der Waals surface area contributed by atoms with Crippen LogP contribution >= 0.6 is 0 Å². The van der Waals surface area contributed by atoms with Crippen LogP contribution in [0.5, 0.6) is 0 Å². The Balaban J connectivity index is 1.19. The molecule has 43 heavy (non-hydrogen) atoms. The predicted molar refractivity (Wildman–Crippen MR) is 167 cm³/mol. The maximum absolute atomic E-state index is 12.7. The second-order valence-electron chi connectivity index (χ2n) is 12.2. The first-order chi connectivity index (χ1) is 20.6. The molecule has 4 heterocycles. The van der Waals surface area contributed by atoms with Gasteiger partial charge in [-0.2, -0.15) is 5.10 Å². The summed E-state index contributed by atoms with van der Waals surface area (Å²) in [6, 6.07) is 17.7. The molecule has 1 amide bonds. The molecule has 11 nitrogen and oxygen atoms in total. The number of fused-ring (bicyclic) bond motifs is 1. The van der Waals surface area contributed by atoms with Gasteiger partial charge in [-0.05, 0) is 36.9 Å². The zero-order chi connectivity index (χ0) is 30.1. The van der Waals surface area contributed by atoms with Gasteiger partial charge >= 0.3 is 0 Å². The third-order valence-electron chi connectivity index (χ3n) is 7.76. The van der Waals surface area contributed by atoms with Crippen LogP contribution in [0.2, 0.25) is 0 Å². The second-order valence-corrected chi connectivity index (χ2v) is 12.2. The second kappa shape index (κ2) is 11.6. The fraction of sp³-hybridized carbons (Fsp3) is 0.344. The van der Waals surface area contributed by atoms with E-state index in [9.17, 15) is 4.79 Å². The summed E-state index contributed by atoms with van der Waals surface area (Å²) < 4.78 is 7.16. The lowest BCUT2D eigenvalue weighted by molar-refractivity contribution is -0.115. The highest BCUT2D eigenvalue weighted by molar-refractivity contribution is 5.99. The molecule has 0 aliphatic carbocycles. The van der Waals surface area contributed by atoms with E-state index in [1.807, 2.05) is 51.1 Å². The topological polar surface area (TPSA) is 131 Å². The number of nitrogens with two attached hydrogens (primary N) is 1. The fourth-order valence-electron chi connectivity index (χ4n) is 5.19. The van der Waals surface area contributed by atoms with Crippen LogP contribution in [0, 0.1) is 0 Å². The number of nitrogens with one attached hydrogen (secondary N) is 1. The number of nitrogen functional groups attached to an aromatic ring is 1. The van der Waals surface area contributed by atoms with Crippen LogP contribution in [-0.4, -0.2) is 73.8 Å². The van der Waals surface area contributed by atoms with Crippen molar-refractivity contribution in [2.24, 2.45) is 0 Å². The highest BCUT2D eigenvalue weighted by Gasteiger charge is 2.21. The summed E-state index contributed by atoms with van der Waals surface area (Å²) in [5, 5.41) is 12.6. The Hall–Kier alpha value is -4.61. The maximum atomic E-state index is 12.7. The molecule has 0 bridgehead atoms. The molecule has 5 aromatic rings. The van der Waals surface area contributed by atoms with Crippen molar-refractivity contribution in [2.75, 3.05) is 44.3 Å². The summed E-state index contributed by atoms with van der Waals surface area (Å²) in [5.41, 5.74) is 11.8. The largest absolute Gasteiger partial charge is 0.383 e. The Morgan fingerprint density at radius 3 is 2.40 bits per heavy atom. The van der Waals surface area contributed by atoms with Gasteiger partial charge in [0.15, 0.2) is 5.65 Å². The highest BCUT2D eigenvalue weighted by atomic mass is 16.5. The molecular weight excluding hydrogens is 542 g/mol. The lowest BCUT2D eigenvalue weighted by Crippen LogP contribution is -2.43. The number of piperazine rings is 1. The molecule has 0 radical (unpaired) electrons. The van der Waals surface area contributed by atoms with Gasteiger partial charge in [0.1, 0.15) is 23.6 Å². The number of likely N-dealkylation sites (N-methyl/N-ethyl adjacent to an activating group) is 1. The Bertz CT molecular complexity index is 1730. The van der Waals surface area contributed by atoms with Gasteiger partial charge in [0.25, 0.3) is 0 Å². The predicted octanol–water partition coefficient (Wildman–Crippen LogP) is 4.28. The quantitative estimate of drug-likeness (QED) is 0.290. The van der Waals surface area contributed by atoms with E-state index in [4.69, 9.17) is 15.4 Å². The summed E-state index contributed by atoms with van der Waals surface area (Å²) in [6.07, 6.45) is 1.57. The van der Waals surface area contributed by atoms with E-state index in [1.54, 1.807) is 4.68 Å².